The van der Waals surface area contributed by atoms with Gasteiger partial charge in [-0.15, -0.1) is 0 Å². The van der Waals surface area contributed by atoms with Crippen LogP contribution in [0, 0.1) is 5.92 Å². The summed E-state index contributed by atoms with van der Waals surface area (Å²) in [5.74, 6) is 1.31. The van der Waals surface area contributed by atoms with Gasteiger partial charge in [0.2, 0.25) is 5.88 Å². The van der Waals surface area contributed by atoms with Crippen molar-refractivity contribution >= 4 is 11.6 Å². The van der Waals surface area contributed by atoms with Crippen molar-refractivity contribution in [2.75, 3.05) is 6.61 Å². The Morgan fingerprint density at radius 1 is 1.57 bits per heavy atom. The Labute approximate surface area is 89.3 Å². The minimum absolute atomic E-state index is 0.579. The number of aromatic nitrogens is 1. The third kappa shape index (κ3) is 2.38. The highest BCUT2D eigenvalue weighted by molar-refractivity contribution is 6.31. The van der Waals surface area contributed by atoms with Crippen LogP contribution in [0.3, 0.4) is 0 Å². The Hall–Kier alpha value is -0.760. The van der Waals surface area contributed by atoms with E-state index in [1.165, 1.54) is 12.8 Å². The van der Waals surface area contributed by atoms with Crippen molar-refractivity contribution in [3.63, 3.8) is 0 Å². The summed E-state index contributed by atoms with van der Waals surface area (Å²) in [4.78, 5) is 4.19. The van der Waals surface area contributed by atoms with Crippen LogP contribution in [0.4, 0.5) is 0 Å². The molecule has 1 aliphatic rings. The molecule has 0 spiro atoms. The van der Waals surface area contributed by atoms with E-state index in [1.54, 1.807) is 0 Å². The Morgan fingerprint density at radius 2 is 2.36 bits per heavy atom. The number of ether oxygens (including phenoxy) is 1. The lowest BCUT2D eigenvalue weighted by Gasteiger charge is -2.06. The van der Waals surface area contributed by atoms with Crippen molar-refractivity contribution in [3.8, 4) is 5.88 Å². The van der Waals surface area contributed by atoms with Crippen molar-refractivity contribution in [3.05, 3.63) is 22.8 Å². The maximum absolute atomic E-state index is 6.02. The molecular weight excluding hydrogens is 198 g/mol. The summed E-state index contributed by atoms with van der Waals surface area (Å²) >= 11 is 6.02. The van der Waals surface area contributed by atoms with Crippen molar-refractivity contribution in [1.82, 2.24) is 4.98 Å². The Kier molecular flexibility index (Phi) is 2.92. The van der Waals surface area contributed by atoms with Crippen molar-refractivity contribution < 1.29 is 4.74 Å². The van der Waals surface area contributed by atoms with Crippen LogP contribution < -0.4 is 4.74 Å². The second-order valence-corrected chi connectivity index (χ2v) is 4.15. The fourth-order valence-corrected chi connectivity index (χ4v) is 1.49. The van der Waals surface area contributed by atoms with Gasteiger partial charge < -0.3 is 4.74 Å². The van der Waals surface area contributed by atoms with Crippen LogP contribution in [0.2, 0.25) is 5.02 Å². The molecule has 2 rings (SSSR count). The van der Waals surface area contributed by atoms with E-state index in [0.717, 1.165) is 24.5 Å². The van der Waals surface area contributed by atoms with Crippen LogP contribution in [0.5, 0.6) is 5.88 Å². The summed E-state index contributed by atoms with van der Waals surface area (Å²) in [6.07, 6.45) is 5.35. The molecular formula is C11H14ClNO. The molecule has 1 aromatic rings. The maximum Gasteiger partial charge on any atom is 0.232 e. The third-order valence-corrected chi connectivity index (χ3v) is 2.70. The molecule has 0 amide bonds. The molecule has 2 nitrogen and oxygen atoms in total. The second kappa shape index (κ2) is 4.18. The van der Waals surface area contributed by atoms with Gasteiger partial charge in [0, 0.05) is 6.20 Å². The zero-order valence-corrected chi connectivity index (χ0v) is 9.05. The van der Waals surface area contributed by atoms with Crippen LogP contribution in [-0.2, 0) is 6.42 Å². The van der Waals surface area contributed by atoms with Crippen LogP contribution in [0.1, 0.15) is 25.3 Å². The van der Waals surface area contributed by atoms with E-state index < -0.39 is 0 Å². The molecule has 3 heteroatoms. The highest BCUT2D eigenvalue weighted by Crippen LogP contribution is 2.30. The predicted molar refractivity (Wildman–Crippen MR) is 56.8 cm³/mol. The minimum atomic E-state index is 0.579. The topological polar surface area (TPSA) is 22.1 Å². The molecule has 1 heterocycles. The van der Waals surface area contributed by atoms with E-state index in [4.69, 9.17) is 16.3 Å². The van der Waals surface area contributed by atoms with E-state index in [-0.39, 0.29) is 0 Å². The highest BCUT2D eigenvalue weighted by Gasteiger charge is 2.22. The SMILES string of the molecule is CCc1cnc(OCC2CC2)c(Cl)c1. The summed E-state index contributed by atoms with van der Waals surface area (Å²) < 4.78 is 5.52. The quantitative estimate of drug-likeness (QED) is 0.764. The standard InChI is InChI=1S/C11H14ClNO/c1-2-8-5-10(12)11(13-6-8)14-7-9-3-4-9/h5-6,9H,2-4,7H2,1H3. The van der Waals surface area contributed by atoms with E-state index in [0.29, 0.717) is 10.9 Å². The number of pyridine rings is 1. The summed E-state index contributed by atoms with van der Waals surface area (Å²) in [5, 5.41) is 0.630. The molecule has 0 aromatic carbocycles. The average molecular weight is 212 g/mol. The first-order valence-corrected chi connectivity index (χ1v) is 5.44. The number of rotatable bonds is 4. The first kappa shape index (κ1) is 9.78. The molecule has 0 bridgehead atoms. The third-order valence-electron chi connectivity index (χ3n) is 2.42. The summed E-state index contributed by atoms with van der Waals surface area (Å²) in [7, 11) is 0. The number of nitrogens with zero attached hydrogens (tertiary/aromatic N) is 1. The molecule has 1 saturated carbocycles. The Balaban J connectivity index is 2.01. The molecule has 0 saturated heterocycles. The molecule has 0 atom stereocenters. The molecule has 0 aliphatic heterocycles. The van der Waals surface area contributed by atoms with E-state index in [1.807, 2.05) is 12.3 Å². The molecule has 76 valence electrons. The lowest BCUT2D eigenvalue weighted by atomic mass is 10.2. The molecule has 1 aliphatic carbocycles. The normalized spacial score (nSPS) is 15.6. The van der Waals surface area contributed by atoms with Crippen molar-refractivity contribution in [2.24, 2.45) is 5.92 Å². The lowest BCUT2D eigenvalue weighted by molar-refractivity contribution is 0.288. The molecule has 0 radical (unpaired) electrons. The summed E-state index contributed by atoms with van der Waals surface area (Å²) in [6, 6.07) is 1.93. The second-order valence-electron chi connectivity index (χ2n) is 3.74. The van der Waals surface area contributed by atoms with Gasteiger partial charge in [0.25, 0.3) is 0 Å². The molecule has 1 fully saturated rings. The van der Waals surface area contributed by atoms with Gasteiger partial charge in [-0.1, -0.05) is 18.5 Å². The van der Waals surface area contributed by atoms with Gasteiger partial charge >= 0.3 is 0 Å². The van der Waals surface area contributed by atoms with Gasteiger partial charge in [0.05, 0.1) is 6.61 Å². The monoisotopic (exact) mass is 211 g/mol. The van der Waals surface area contributed by atoms with Gasteiger partial charge in [-0.05, 0) is 36.8 Å². The van der Waals surface area contributed by atoms with Crippen LogP contribution >= 0.6 is 11.6 Å². The predicted octanol–water partition coefficient (Wildman–Crippen LogP) is 3.09. The first-order valence-electron chi connectivity index (χ1n) is 5.07. The largest absolute Gasteiger partial charge is 0.476 e. The van der Waals surface area contributed by atoms with Crippen molar-refractivity contribution in [2.45, 2.75) is 26.2 Å². The van der Waals surface area contributed by atoms with E-state index >= 15 is 0 Å². The van der Waals surface area contributed by atoms with Crippen LogP contribution in [-0.4, -0.2) is 11.6 Å². The zero-order valence-electron chi connectivity index (χ0n) is 8.29. The Morgan fingerprint density at radius 3 is 2.93 bits per heavy atom. The zero-order chi connectivity index (χ0) is 9.97. The molecule has 0 N–H and O–H groups in total. The first-order chi connectivity index (χ1) is 6.79. The fraction of sp³-hybridized carbons (Fsp3) is 0.545. The Bertz CT molecular complexity index is 323. The molecule has 14 heavy (non-hydrogen) atoms. The number of halogens is 1. The van der Waals surface area contributed by atoms with Gasteiger partial charge in [-0.3, -0.25) is 0 Å². The van der Waals surface area contributed by atoms with E-state index in [2.05, 4.69) is 11.9 Å². The van der Waals surface area contributed by atoms with Gasteiger partial charge in [0.1, 0.15) is 5.02 Å². The van der Waals surface area contributed by atoms with Crippen LogP contribution in [0.15, 0.2) is 12.3 Å². The van der Waals surface area contributed by atoms with Gasteiger partial charge in [-0.25, -0.2) is 4.98 Å². The molecule has 1 aromatic heterocycles. The van der Waals surface area contributed by atoms with Gasteiger partial charge in [0.15, 0.2) is 0 Å². The number of hydrogen-bond donors (Lipinski definition) is 0. The fourth-order valence-electron chi connectivity index (χ4n) is 1.25. The smallest absolute Gasteiger partial charge is 0.232 e. The van der Waals surface area contributed by atoms with Crippen molar-refractivity contribution in [1.29, 1.82) is 0 Å². The lowest BCUT2D eigenvalue weighted by Crippen LogP contribution is -2.01. The highest BCUT2D eigenvalue weighted by atomic mass is 35.5. The van der Waals surface area contributed by atoms with E-state index in [9.17, 15) is 0 Å². The van der Waals surface area contributed by atoms with Crippen LogP contribution in [0.25, 0.3) is 0 Å². The number of aryl methyl sites for hydroxylation is 1. The maximum atomic E-state index is 6.02. The summed E-state index contributed by atoms with van der Waals surface area (Å²) in [6.45, 7) is 2.84. The minimum Gasteiger partial charge on any atom is -0.476 e. The van der Waals surface area contributed by atoms with Gasteiger partial charge in [-0.2, -0.15) is 0 Å². The molecule has 0 unspecified atom stereocenters. The average Bonchev–Trinajstić information content (AvgIpc) is 2.99. The summed E-state index contributed by atoms with van der Waals surface area (Å²) in [5.41, 5.74) is 1.15. The number of hydrogen-bond acceptors (Lipinski definition) is 2.